The summed E-state index contributed by atoms with van der Waals surface area (Å²) in [6, 6.07) is 0. The minimum Gasteiger partial charge on any atom is -0.314 e. The Labute approximate surface area is 103 Å². The van der Waals surface area contributed by atoms with E-state index in [2.05, 4.69) is 41.5 Å². The maximum absolute atomic E-state index is 4.59. The number of nitrogens with zero attached hydrogens (tertiary/aromatic N) is 2. The summed E-state index contributed by atoms with van der Waals surface area (Å²) in [5, 5.41) is 6.47. The molecule has 4 heteroatoms. The van der Waals surface area contributed by atoms with E-state index >= 15 is 0 Å². The number of thiazole rings is 1. The summed E-state index contributed by atoms with van der Waals surface area (Å²) in [6.45, 7) is 7.52. The molecule has 0 saturated heterocycles. The molecule has 0 aromatic carbocycles. The summed E-state index contributed by atoms with van der Waals surface area (Å²) in [6.07, 6.45) is 1.24. The Kier molecular flexibility index (Phi) is 5.95. The van der Waals surface area contributed by atoms with Crippen molar-refractivity contribution in [2.45, 2.75) is 33.4 Å². The van der Waals surface area contributed by atoms with E-state index < -0.39 is 0 Å². The maximum atomic E-state index is 4.59. The van der Waals surface area contributed by atoms with Crippen LogP contribution in [0.25, 0.3) is 0 Å². The van der Waals surface area contributed by atoms with Crippen molar-refractivity contribution in [1.29, 1.82) is 0 Å². The number of hydrogen-bond acceptors (Lipinski definition) is 4. The van der Waals surface area contributed by atoms with Gasteiger partial charge in [0.25, 0.3) is 0 Å². The smallest absolute Gasteiger partial charge is 0.107 e. The molecule has 1 aromatic heterocycles. The van der Waals surface area contributed by atoms with Crippen molar-refractivity contribution < 1.29 is 0 Å². The molecule has 1 aromatic rings. The number of hydrogen-bond donors (Lipinski definition) is 1. The lowest BCUT2D eigenvalue weighted by Crippen LogP contribution is -2.23. The van der Waals surface area contributed by atoms with Gasteiger partial charge in [0.2, 0.25) is 0 Å². The largest absolute Gasteiger partial charge is 0.314 e. The van der Waals surface area contributed by atoms with E-state index in [0.717, 1.165) is 25.6 Å². The molecule has 1 unspecified atom stereocenters. The molecule has 0 radical (unpaired) electrons. The van der Waals surface area contributed by atoms with Crippen LogP contribution in [0, 0.1) is 5.92 Å². The van der Waals surface area contributed by atoms with Crippen molar-refractivity contribution in [1.82, 2.24) is 15.2 Å². The monoisotopic (exact) mass is 241 g/mol. The molecule has 0 amide bonds. The van der Waals surface area contributed by atoms with Crippen LogP contribution in [0.3, 0.4) is 0 Å². The molecule has 0 bridgehead atoms. The van der Waals surface area contributed by atoms with Crippen molar-refractivity contribution in [3.05, 3.63) is 16.1 Å². The SMILES string of the molecule is CCC(C)CN(C)Cc1csc(CNC)n1. The van der Waals surface area contributed by atoms with Gasteiger partial charge < -0.3 is 10.2 Å². The lowest BCUT2D eigenvalue weighted by atomic mass is 10.1. The van der Waals surface area contributed by atoms with Crippen molar-refractivity contribution >= 4 is 11.3 Å². The maximum Gasteiger partial charge on any atom is 0.107 e. The van der Waals surface area contributed by atoms with E-state index in [0.29, 0.717) is 0 Å². The van der Waals surface area contributed by atoms with Crippen molar-refractivity contribution in [3.63, 3.8) is 0 Å². The quantitative estimate of drug-likeness (QED) is 0.794. The van der Waals surface area contributed by atoms with Crippen LogP contribution in [0.5, 0.6) is 0 Å². The molecular weight excluding hydrogens is 218 g/mol. The molecule has 3 nitrogen and oxygen atoms in total. The lowest BCUT2D eigenvalue weighted by Gasteiger charge is -2.19. The van der Waals surface area contributed by atoms with Crippen LogP contribution in [0.2, 0.25) is 0 Å². The van der Waals surface area contributed by atoms with E-state index in [9.17, 15) is 0 Å². The van der Waals surface area contributed by atoms with Crippen molar-refractivity contribution in [3.8, 4) is 0 Å². The zero-order valence-corrected chi connectivity index (χ0v) is 11.6. The highest BCUT2D eigenvalue weighted by Gasteiger charge is 2.07. The fourth-order valence-corrected chi connectivity index (χ4v) is 2.45. The van der Waals surface area contributed by atoms with Crippen molar-refractivity contribution in [2.75, 3.05) is 20.6 Å². The Morgan fingerprint density at radius 1 is 1.56 bits per heavy atom. The first-order valence-corrected chi connectivity index (χ1v) is 6.80. The van der Waals surface area contributed by atoms with Crippen LogP contribution in [-0.4, -0.2) is 30.5 Å². The standard InChI is InChI=1S/C12H23N3S/c1-5-10(2)7-15(4)8-11-9-16-12(14-11)6-13-3/h9-10,13H,5-8H2,1-4H3. The Balaban J connectivity index is 2.40. The van der Waals surface area contributed by atoms with Gasteiger partial charge >= 0.3 is 0 Å². The average molecular weight is 241 g/mol. The van der Waals surface area contributed by atoms with E-state index in [1.165, 1.54) is 17.1 Å². The molecule has 1 rings (SSSR count). The Morgan fingerprint density at radius 2 is 2.31 bits per heavy atom. The Morgan fingerprint density at radius 3 is 2.94 bits per heavy atom. The number of nitrogens with one attached hydrogen (secondary N) is 1. The van der Waals surface area contributed by atoms with Crippen LogP contribution in [0.1, 0.15) is 31.0 Å². The molecule has 92 valence electrons. The minimum atomic E-state index is 0.764. The molecular formula is C12H23N3S. The summed E-state index contributed by atoms with van der Waals surface area (Å²) in [4.78, 5) is 6.94. The number of rotatable bonds is 7. The van der Waals surface area contributed by atoms with E-state index in [-0.39, 0.29) is 0 Å². The van der Waals surface area contributed by atoms with E-state index in [1.807, 2.05) is 7.05 Å². The highest BCUT2D eigenvalue weighted by Crippen LogP contribution is 2.12. The summed E-state index contributed by atoms with van der Waals surface area (Å²) >= 11 is 1.74. The van der Waals surface area contributed by atoms with Crippen LogP contribution >= 0.6 is 11.3 Å². The van der Waals surface area contributed by atoms with Gasteiger partial charge in [-0.3, -0.25) is 0 Å². The minimum absolute atomic E-state index is 0.764. The van der Waals surface area contributed by atoms with Crippen LogP contribution in [0.15, 0.2) is 5.38 Å². The van der Waals surface area contributed by atoms with Gasteiger partial charge in [0, 0.05) is 25.0 Å². The first kappa shape index (κ1) is 13.6. The molecule has 0 spiro atoms. The van der Waals surface area contributed by atoms with Gasteiger partial charge in [-0.25, -0.2) is 4.98 Å². The molecule has 0 aliphatic rings. The second kappa shape index (κ2) is 6.99. The fourth-order valence-electron chi connectivity index (χ4n) is 1.66. The van der Waals surface area contributed by atoms with Crippen LogP contribution < -0.4 is 5.32 Å². The molecule has 0 aliphatic heterocycles. The lowest BCUT2D eigenvalue weighted by molar-refractivity contribution is 0.273. The van der Waals surface area contributed by atoms with E-state index in [1.54, 1.807) is 11.3 Å². The van der Waals surface area contributed by atoms with Gasteiger partial charge in [-0.05, 0) is 20.0 Å². The third-order valence-corrected chi connectivity index (χ3v) is 3.58. The van der Waals surface area contributed by atoms with Gasteiger partial charge in [0.15, 0.2) is 0 Å². The fraction of sp³-hybridized carbons (Fsp3) is 0.750. The first-order valence-electron chi connectivity index (χ1n) is 5.92. The summed E-state index contributed by atoms with van der Waals surface area (Å²) in [7, 11) is 4.12. The van der Waals surface area contributed by atoms with Gasteiger partial charge in [0.05, 0.1) is 5.69 Å². The van der Waals surface area contributed by atoms with Crippen LogP contribution in [-0.2, 0) is 13.1 Å². The average Bonchev–Trinajstić information content (AvgIpc) is 2.65. The zero-order valence-electron chi connectivity index (χ0n) is 10.8. The molecule has 0 aliphatic carbocycles. The molecule has 1 N–H and O–H groups in total. The molecule has 0 saturated carbocycles. The van der Waals surface area contributed by atoms with Crippen LogP contribution in [0.4, 0.5) is 0 Å². The Bertz CT molecular complexity index is 298. The molecule has 16 heavy (non-hydrogen) atoms. The third-order valence-electron chi connectivity index (χ3n) is 2.68. The second-order valence-electron chi connectivity index (χ2n) is 4.47. The summed E-state index contributed by atoms with van der Waals surface area (Å²) in [5.41, 5.74) is 1.20. The van der Waals surface area contributed by atoms with Gasteiger partial charge in [-0.2, -0.15) is 0 Å². The number of aromatic nitrogens is 1. The molecule has 1 heterocycles. The predicted octanol–water partition coefficient (Wildman–Crippen LogP) is 2.34. The highest BCUT2D eigenvalue weighted by molar-refractivity contribution is 7.09. The normalized spacial score (nSPS) is 13.3. The first-order chi connectivity index (χ1) is 7.65. The van der Waals surface area contributed by atoms with Gasteiger partial charge in [0.1, 0.15) is 5.01 Å². The Hall–Kier alpha value is -0.450. The van der Waals surface area contributed by atoms with Crippen molar-refractivity contribution in [2.24, 2.45) is 5.92 Å². The zero-order chi connectivity index (χ0) is 12.0. The predicted molar refractivity (Wildman–Crippen MR) is 70.7 cm³/mol. The highest BCUT2D eigenvalue weighted by atomic mass is 32.1. The van der Waals surface area contributed by atoms with Gasteiger partial charge in [-0.1, -0.05) is 20.3 Å². The molecule has 0 fully saturated rings. The topological polar surface area (TPSA) is 28.2 Å². The molecule has 1 atom stereocenters. The van der Waals surface area contributed by atoms with E-state index in [4.69, 9.17) is 0 Å². The summed E-state index contributed by atoms with van der Waals surface area (Å²) < 4.78 is 0. The third kappa shape index (κ3) is 4.60. The summed E-state index contributed by atoms with van der Waals surface area (Å²) in [5.74, 6) is 0.764. The van der Waals surface area contributed by atoms with Gasteiger partial charge in [-0.15, -0.1) is 11.3 Å². The second-order valence-corrected chi connectivity index (χ2v) is 5.42.